The van der Waals surface area contributed by atoms with Gasteiger partial charge in [-0.05, 0) is 31.7 Å². The smallest absolute Gasteiger partial charge is 0.228 e. The zero-order valence-corrected chi connectivity index (χ0v) is 14.7. The molecule has 1 saturated heterocycles. The summed E-state index contributed by atoms with van der Waals surface area (Å²) in [6.07, 6.45) is 4.47. The van der Waals surface area contributed by atoms with Gasteiger partial charge in [-0.3, -0.25) is 4.79 Å². The number of aromatic nitrogens is 1. The molecule has 1 aromatic heterocycles. The van der Waals surface area contributed by atoms with Crippen LogP contribution in [0.4, 0.5) is 0 Å². The normalized spacial score (nSPS) is 19.4. The molecule has 2 aromatic rings. The summed E-state index contributed by atoms with van der Waals surface area (Å²) in [6, 6.07) is 11.6. The Morgan fingerprint density at radius 1 is 1.32 bits per heavy atom. The summed E-state index contributed by atoms with van der Waals surface area (Å²) in [6.45, 7) is 2.58. The van der Waals surface area contributed by atoms with Crippen molar-refractivity contribution in [1.82, 2.24) is 10.1 Å². The third-order valence-corrected chi connectivity index (χ3v) is 4.89. The molecule has 1 fully saturated rings. The van der Waals surface area contributed by atoms with Crippen molar-refractivity contribution in [3.63, 3.8) is 0 Å². The molecule has 1 aliphatic rings. The van der Waals surface area contributed by atoms with Crippen LogP contribution in [0.15, 0.2) is 40.9 Å². The summed E-state index contributed by atoms with van der Waals surface area (Å²) in [5.74, 6) is 0.787. The van der Waals surface area contributed by atoms with Crippen LogP contribution < -0.4 is 0 Å². The molecule has 1 aliphatic heterocycles. The van der Waals surface area contributed by atoms with Crippen molar-refractivity contribution in [2.45, 2.75) is 57.6 Å². The predicted molar refractivity (Wildman–Crippen MR) is 94.9 cm³/mol. The quantitative estimate of drug-likeness (QED) is 0.904. The maximum atomic E-state index is 12.8. The largest absolute Gasteiger partial charge is 0.388 e. The molecule has 2 atom stereocenters. The summed E-state index contributed by atoms with van der Waals surface area (Å²) in [4.78, 5) is 14.8. The van der Waals surface area contributed by atoms with Crippen LogP contribution in [-0.2, 0) is 11.2 Å². The maximum absolute atomic E-state index is 12.8. The van der Waals surface area contributed by atoms with Crippen LogP contribution in [-0.4, -0.2) is 33.7 Å². The van der Waals surface area contributed by atoms with E-state index in [-0.39, 0.29) is 18.4 Å². The lowest BCUT2D eigenvalue weighted by atomic mass is 9.98. The first-order chi connectivity index (χ1) is 12.1. The van der Waals surface area contributed by atoms with Crippen molar-refractivity contribution < 1.29 is 14.4 Å². The first-order valence-corrected chi connectivity index (χ1v) is 9.08. The van der Waals surface area contributed by atoms with Crippen LogP contribution in [0.1, 0.15) is 55.2 Å². The molecule has 0 unspecified atom stereocenters. The number of benzene rings is 1. The number of aryl methyl sites for hydroxylation is 1. The SMILES string of the molecule is Cc1cc(CC(=O)N2CCCCC[C@@H]2C[C@H](O)c2ccccc2)no1. The van der Waals surface area contributed by atoms with Crippen LogP contribution in [0.5, 0.6) is 0 Å². The molecule has 2 heterocycles. The lowest BCUT2D eigenvalue weighted by molar-refractivity contribution is -0.133. The van der Waals surface area contributed by atoms with E-state index in [2.05, 4.69) is 5.16 Å². The van der Waals surface area contributed by atoms with Gasteiger partial charge in [0.2, 0.25) is 5.91 Å². The maximum Gasteiger partial charge on any atom is 0.228 e. The Morgan fingerprint density at radius 3 is 2.84 bits per heavy atom. The number of carbonyl (C=O) groups is 1. The lowest BCUT2D eigenvalue weighted by Gasteiger charge is -2.31. The van der Waals surface area contributed by atoms with Gasteiger partial charge in [0.15, 0.2) is 0 Å². The molecule has 1 aromatic carbocycles. The predicted octanol–water partition coefficient (Wildman–Crippen LogP) is 3.42. The molecule has 1 amide bonds. The topological polar surface area (TPSA) is 66.6 Å². The molecule has 0 aliphatic carbocycles. The molecule has 0 saturated carbocycles. The number of hydrogen-bond acceptors (Lipinski definition) is 4. The van der Waals surface area contributed by atoms with E-state index in [1.54, 1.807) is 0 Å². The summed E-state index contributed by atoms with van der Waals surface area (Å²) < 4.78 is 5.07. The molecule has 25 heavy (non-hydrogen) atoms. The third-order valence-electron chi connectivity index (χ3n) is 4.89. The minimum atomic E-state index is -0.547. The van der Waals surface area contributed by atoms with E-state index < -0.39 is 6.10 Å². The number of hydrogen-bond donors (Lipinski definition) is 1. The van der Waals surface area contributed by atoms with Gasteiger partial charge in [-0.25, -0.2) is 0 Å². The Balaban J connectivity index is 1.69. The van der Waals surface area contributed by atoms with Gasteiger partial charge in [-0.2, -0.15) is 0 Å². The van der Waals surface area contributed by atoms with Gasteiger partial charge in [0.1, 0.15) is 5.76 Å². The highest BCUT2D eigenvalue weighted by atomic mass is 16.5. The summed E-state index contributed by atoms with van der Waals surface area (Å²) in [7, 11) is 0. The standard InChI is InChI=1S/C20H26N2O3/c1-15-12-17(21-25-15)13-20(24)22-11-7-3-6-10-18(22)14-19(23)16-8-4-2-5-9-16/h2,4-5,8-9,12,18-19,23H,3,6-7,10-11,13-14H2,1H3/t18-,19+/m1/s1. The Labute approximate surface area is 148 Å². The molecular formula is C20H26N2O3. The molecule has 3 rings (SSSR count). The Kier molecular flexibility index (Phi) is 5.87. The highest BCUT2D eigenvalue weighted by Crippen LogP contribution is 2.27. The molecule has 1 N–H and O–H groups in total. The van der Waals surface area contributed by atoms with Crippen LogP contribution in [0.3, 0.4) is 0 Å². The van der Waals surface area contributed by atoms with Crippen LogP contribution >= 0.6 is 0 Å². The van der Waals surface area contributed by atoms with Crippen molar-refractivity contribution in [2.75, 3.05) is 6.54 Å². The average Bonchev–Trinajstić information content (AvgIpc) is 2.88. The highest BCUT2D eigenvalue weighted by Gasteiger charge is 2.28. The third kappa shape index (κ3) is 4.69. The molecule has 5 nitrogen and oxygen atoms in total. The average molecular weight is 342 g/mol. The monoisotopic (exact) mass is 342 g/mol. The number of amides is 1. The van der Waals surface area contributed by atoms with Gasteiger partial charge in [0, 0.05) is 18.7 Å². The van der Waals surface area contributed by atoms with Crippen molar-refractivity contribution in [3.05, 3.63) is 53.4 Å². The zero-order chi connectivity index (χ0) is 17.6. The number of aliphatic hydroxyl groups excluding tert-OH is 1. The minimum Gasteiger partial charge on any atom is -0.388 e. The lowest BCUT2D eigenvalue weighted by Crippen LogP contribution is -2.41. The molecular weight excluding hydrogens is 316 g/mol. The van der Waals surface area contributed by atoms with E-state index in [1.165, 1.54) is 0 Å². The second kappa shape index (κ2) is 8.30. The molecule has 134 valence electrons. The number of nitrogens with zero attached hydrogens (tertiary/aromatic N) is 2. The van der Waals surface area contributed by atoms with Crippen molar-refractivity contribution in [2.24, 2.45) is 0 Å². The van der Waals surface area contributed by atoms with E-state index in [4.69, 9.17) is 4.52 Å². The van der Waals surface area contributed by atoms with Crippen LogP contribution in [0.25, 0.3) is 0 Å². The van der Waals surface area contributed by atoms with Gasteiger partial charge in [-0.15, -0.1) is 0 Å². The van der Waals surface area contributed by atoms with Crippen molar-refractivity contribution in [3.8, 4) is 0 Å². The number of aliphatic hydroxyl groups is 1. The second-order valence-electron chi connectivity index (χ2n) is 6.86. The fraction of sp³-hybridized carbons (Fsp3) is 0.500. The fourth-order valence-electron chi connectivity index (χ4n) is 3.58. The van der Waals surface area contributed by atoms with E-state index >= 15 is 0 Å². The summed E-state index contributed by atoms with van der Waals surface area (Å²) in [5.41, 5.74) is 1.58. The Hall–Kier alpha value is -2.14. The van der Waals surface area contributed by atoms with Crippen LogP contribution in [0.2, 0.25) is 0 Å². The van der Waals surface area contributed by atoms with E-state index in [0.29, 0.717) is 12.1 Å². The Bertz CT molecular complexity index is 683. The van der Waals surface area contributed by atoms with Crippen LogP contribution in [0, 0.1) is 6.92 Å². The number of carbonyl (C=O) groups excluding carboxylic acids is 1. The first-order valence-electron chi connectivity index (χ1n) is 9.08. The molecule has 0 spiro atoms. The zero-order valence-electron chi connectivity index (χ0n) is 14.7. The van der Waals surface area contributed by atoms with Crippen molar-refractivity contribution in [1.29, 1.82) is 0 Å². The molecule has 0 bridgehead atoms. The molecule has 5 heteroatoms. The van der Waals surface area contributed by atoms with E-state index in [9.17, 15) is 9.90 Å². The van der Waals surface area contributed by atoms with E-state index in [0.717, 1.165) is 43.6 Å². The molecule has 0 radical (unpaired) electrons. The van der Waals surface area contributed by atoms with Crippen molar-refractivity contribution >= 4 is 5.91 Å². The van der Waals surface area contributed by atoms with Gasteiger partial charge >= 0.3 is 0 Å². The number of likely N-dealkylation sites (tertiary alicyclic amines) is 1. The minimum absolute atomic E-state index is 0.0678. The summed E-state index contributed by atoms with van der Waals surface area (Å²) >= 11 is 0. The van der Waals surface area contributed by atoms with E-state index in [1.807, 2.05) is 48.2 Å². The Morgan fingerprint density at radius 2 is 2.12 bits per heavy atom. The second-order valence-corrected chi connectivity index (χ2v) is 6.86. The highest BCUT2D eigenvalue weighted by molar-refractivity contribution is 5.78. The van der Waals surface area contributed by atoms with Gasteiger partial charge in [0.05, 0.1) is 18.2 Å². The summed E-state index contributed by atoms with van der Waals surface area (Å²) in [5, 5.41) is 14.5. The van der Waals surface area contributed by atoms with Gasteiger partial charge in [0.25, 0.3) is 0 Å². The first kappa shape index (κ1) is 17.7. The van der Waals surface area contributed by atoms with Gasteiger partial charge < -0.3 is 14.5 Å². The number of rotatable bonds is 5. The van der Waals surface area contributed by atoms with Gasteiger partial charge in [-0.1, -0.05) is 48.3 Å². The fourth-order valence-corrected chi connectivity index (χ4v) is 3.58.